The smallest absolute Gasteiger partial charge is 0.240 e. The van der Waals surface area contributed by atoms with Crippen LogP contribution in [0.4, 0.5) is 0 Å². The lowest BCUT2D eigenvalue weighted by Gasteiger charge is -2.10. The minimum absolute atomic E-state index is 0.147. The van der Waals surface area contributed by atoms with Gasteiger partial charge in [0.1, 0.15) is 5.75 Å². The first kappa shape index (κ1) is 16.7. The molecular weight excluding hydrogens is 352 g/mol. The second-order valence-electron chi connectivity index (χ2n) is 6.11. The number of fused-ring (bicyclic) bond motifs is 1. The van der Waals surface area contributed by atoms with E-state index in [0.717, 1.165) is 28.9 Å². The molecule has 3 aromatic rings. The fourth-order valence-corrected chi connectivity index (χ4v) is 4.03. The number of ether oxygens (including phenoxy) is 1. The summed E-state index contributed by atoms with van der Waals surface area (Å²) in [6.07, 6.45) is 5.97. The number of pyridine rings is 1. The van der Waals surface area contributed by atoms with Crippen molar-refractivity contribution in [1.29, 1.82) is 0 Å². The van der Waals surface area contributed by atoms with Crippen LogP contribution in [-0.4, -0.2) is 29.8 Å². The van der Waals surface area contributed by atoms with Gasteiger partial charge in [-0.3, -0.25) is 9.67 Å². The molecule has 26 heavy (non-hydrogen) atoms. The van der Waals surface area contributed by atoms with Crippen molar-refractivity contribution >= 4 is 10.0 Å². The zero-order valence-corrected chi connectivity index (χ0v) is 15.0. The molecule has 1 aliphatic heterocycles. The summed E-state index contributed by atoms with van der Waals surface area (Å²) in [6.45, 7) is 0.740. The quantitative estimate of drug-likeness (QED) is 0.741. The van der Waals surface area contributed by atoms with Gasteiger partial charge in [-0.05, 0) is 35.4 Å². The fourth-order valence-electron chi connectivity index (χ4n) is 2.97. The summed E-state index contributed by atoms with van der Waals surface area (Å²) in [7, 11) is -1.80. The molecular formula is C18H18N4O3S. The van der Waals surface area contributed by atoms with Crippen molar-refractivity contribution in [2.45, 2.75) is 17.9 Å². The third-order valence-corrected chi connectivity index (χ3v) is 5.69. The first-order valence-electron chi connectivity index (χ1n) is 8.21. The molecule has 1 N–H and O–H groups in total. The topological polar surface area (TPSA) is 86.1 Å². The molecule has 2 aromatic heterocycles. The summed E-state index contributed by atoms with van der Waals surface area (Å²) in [5, 5.41) is 4.15. The average Bonchev–Trinajstić information content (AvgIpc) is 3.28. The highest BCUT2D eigenvalue weighted by Crippen LogP contribution is 2.28. The number of aromatic nitrogens is 3. The zero-order valence-electron chi connectivity index (χ0n) is 14.2. The van der Waals surface area contributed by atoms with E-state index in [1.165, 1.54) is 0 Å². The van der Waals surface area contributed by atoms with E-state index in [9.17, 15) is 8.42 Å². The van der Waals surface area contributed by atoms with E-state index in [4.69, 9.17) is 4.74 Å². The van der Waals surface area contributed by atoms with E-state index in [2.05, 4.69) is 14.8 Å². The van der Waals surface area contributed by atoms with E-state index in [0.29, 0.717) is 12.3 Å². The maximum Gasteiger partial charge on any atom is 0.240 e. The second-order valence-corrected chi connectivity index (χ2v) is 7.87. The molecule has 0 radical (unpaired) electrons. The number of sulfonamides is 1. The Bertz CT molecular complexity index is 1060. The summed E-state index contributed by atoms with van der Waals surface area (Å²) < 4.78 is 35.1. The van der Waals surface area contributed by atoms with Crippen molar-refractivity contribution in [2.75, 3.05) is 6.61 Å². The predicted octanol–water partition coefficient (Wildman–Crippen LogP) is 1.90. The van der Waals surface area contributed by atoms with Gasteiger partial charge in [0, 0.05) is 38.0 Å². The lowest BCUT2D eigenvalue weighted by Crippen LogP contribution is -2.23. The molecule has 1 aliphatic rings. The Morgan fingerprint density at radius 1 is 1.31 bits per heavy atom. The summed E-state index contributed by atoms with van der Waals surface area (Å²) in [5.41, 5.74) is 3.27. The molecule has 3 heterocycles. The number of hydrogen-bond donors (Lipinski definition) is 1. The third-order valence-electron chi connectivity index (χ3n) is 4.29. The summed E-state index contributed by atoms with van der Waals surface area (Å²) in [4.78, 5) is 4.62. The third kappa shape index (κ3) is 3.21. The minimum Gasteiger partial charge on any atom is -0.493 e. The van der Waals surface area contributed by atoms with E-state index in [-0.39, 0.29) is 11.4 Å². The van der Waals surface area contributed by atoms with Crippen molar-refractivity contribution in [3.8, 4) is 17.0 Å². The highest BCUT2D eigenvalue weighted by atomic mass is 32.2. The molecule has 1 aromatic carbocycles. The Balaban J connectivity index is 1.57. The van der Waals surface area contributed by atoms with E-state index >= 15 is 0 Å². The van der Waals surface area contributed by atoms with E-state index < -0.39 is 10.0 Å². The van der Waals surface area contributed by atoms with Gasteiger partial charge >= 0.3 is 0 Å². The Hall–Kier alpha value is -2.71. The lowest BCUT2D eigenvalue weighted by atomic mass is 10.1. The Kier molecular flexibility index (Phi) is 4.21. The van der Waals surface area contributed by atoms with Crippen molar-refractivity contribution in [3.05, 3.63) is 60.0 Å². The van der Waals surface area contributed by atoms with Crippen LogP contribution < -0.4 is 9.46 Å². The molecule has 0 fully saturated rings. The van der Waals surface area contributed by atoms with Gasteiger partial charge in [-0.25, -0.2) is 13.1 Å². The van der Waals surface area contributed by atoms with Gasteiger partial charge in [-0.1, -0.05) is 6.07 Å². The van der Waals surface area contributed by atoms with Crippen LogP contribution in [0.1, 0.15) is 11.1 Å². The minimum atomic E-state index is -3.63. The van der Waals surface area contributed by atoms with Crippen LogP contribution in [0, 0.1) is 0 Å². The molecule has 7 nitrogen and oxygen atoms in total. The zero-order chi connectivity index (χ0) is 18.1. The van der Waals surface area contributed by atoms with Gasteiger partial charge in [0.25, 0.3) is 0 Å². The van der Waals surface area contributed by atoms with Crippen LogP contribution in [0.2, 0.25) is 0 Å². The molecule has 0 unspecified atom stereocenters. The van der Waals surface area contributed by atoms with Crippen molar-refractivity contribution in [3.63, 3.8) is 0 Å². The molecule has 0 saturated heterocycles. The molecule has 0 atom stereocenters. The Morgan fingerprint density at radius 3 is 3.00 bits per heavy atom. The number of rotatable bonds is 5. The van der Waals surface area contributed by atoms with Gasteiger partial charge in [0.2, 0.25) is 10.0 Å². The first-order chi connectivity index (χ1) is 12.5. The van der Waals surface area contributed by atoms with Crippen LogP contribution in [0.3, 0.4) is 0 Å². The lowest BCUT2D eigenvalue weighted by molar-refractivity contribution is 0.356. The number of nitrogens with zero attached hydrogens (tertiary/aromatic N) is 3. The molecule has 0 aliphatic carbocycles. The highest BCUT2D eigenvalue weighted by molar-refractivity contribution is 7.89. The summed E-state index contributed by atoms with van der Waals surface area (Å²) in [5.74, 6) is 0.759. The average molecular weight is 370 g/mol. The molecule has 134 valence electrons. The summed E-state index contributed by atoms with van der Waals surface area (Å²) >= 11 is 0. The van der Waals surface area contributed by atoms with Crippen molar-refractivity contribution in [2.24, 2.45) is 7.05 Å². The standard InChI is InChI=1S/C18H18N4O3S/c1-22-12-15(10-20-22)18-14(3-2-7-19-18)11-21-26(23,24)16-4-5-17-13(9-16)6-8-25-17/h2-5,7,9-10,12,21H,6,8,11H2,1H3. The van der Waals surface area contributed by atoms with Gasteiger partial charge in [-0.15, -0.1) is 0 Å². The maximum absolute atomic E-state index is 12.7. The SMILES string of the molecule is Cn1cc(-c2ncccc2CNS(=O)(=O)c2ccc3c(c2)CCO3)cn1. The normalized spacial score (nSPS) is 13.4. The number of nitrogens with one attached hydrogen (secondary N) is 1. The van der Waals surface area contributed by atoms with Gasteiger partial charge < -0.3 is 4.74 Å². The number of benzene rings is 1. The number of aryl methyl sites for hydroxylation is 1. The highest BCUT2D eigenvalue weighted by Gasteiger charge is 2.20. The van der Waals surface area contributed by atoms with Crippen LogP contribution in [0.15, 0.2) is 53.8 Å². The summed E-state index contributed by atoms with van der Waals surface area (Å²) in [6, 6.07) is 8.60. The molecule has 0 bridgehead atoms. The van der Waals surface area contributed by atoms with Crippen LogP contribution >= 0.6 is 0 Å². The largest absolute Gasteiger partial charge is 0.493 e. The predicted molar refractivity (Wildman–Crippen MR) is 96.1 cm³/mol. The van der Waals surface area contributed by atoms with Crippen LogP contribution in [0.25, 0.3) is 11.3 Å². The molecule has 8 heteroatoms. The monoisotopic (exact) mass is 370 g/mol. The van der Waals surface area contributed by atoms with Gasteiger partial charge in [-0.2, -0.15) is 5.10 Å². The van der Waals surface area contributed by atoms with Crippen LogP contribution in [-0.2, 0) is 30.0 Å². The second kappa shape index (κ2) is 6.54. The van der Waals surface area contributed by atoms with Gasteiger partial charge in [0.05, 0.1) is 23.4 Å². The van der Waals surface area contributed by atoms with Gasteiger partial charge in [0.15, 0.2) is 0 Å². The Labute approximate surface area is 151 Å². The fraction of sp³-hybridized carbons (Fsp3) is 0.222. The van der Waals surface area contributed by atoms with E-state index in [1.807, 2.05) is 19.3 Å². The molecule has 0 saturated carbocycles. The molecule has 0 spiro atoms. The number of hydrogen-bond acceptors (Lipinski definition) is 5. The van der Waals surface area contributed by atoms with Crippen molar-refractivity contribution in [1.82, 2.24) is 19.5 Å². The van der Waals surface area contributed by atoms with Crippen LogP contribution in [0.5, 0.6) is 5.75 Å². The molecule has 0 amide bonds. The molecule has 4 rings (SSSR count). The maximum atomic E-state index is 12.7. The first-order valence-corrected chi connectivity index (χ1v) is 9.69. The van der Waals surface area contributed by atoms with Crippen molar-refractivity contribution < 1.29 is 13.2 Å². The Morgan fingerprint density at radius 2 is 2.19 bits per heavy atom. The van der Waals surface area contributed by atoms with E-state index in [1.54, 1.807) is 41.3 Å².